The lowest BCUT2D eigenvalue weighted by Crippen LogP contribution is -2.61. The van der Waals surface area contributed by atoms with Crippen molar-refractivity contribution in [2.45, 2.75) is 83.8 Å². The molecule has 4 rings (SSSR count). The summed E-state index contributed by atoms with van der Waals surface area (Å²) >= 11 is 0. The Kier molecular flexibility index (Phi) is 13.8. The second-order valence-corrected chi connectivity index (χ2v) is 11.2. The quantitative estimate of drug-likeness (QED) is 0.377. The van der Waals surface area contributed by atoms with Gasteiger partial charge in [0.15, 0.2) is 6.10 Å². The van der Waals surface area contributed by atoms with E-state index in [2.05, 4.69) is 0 Å². The van der Waals surface area contributed by atoms with E-state index in [-0.39, 0.29) is 44.6 Å². The van der Waals surface area contributed by atoms with Crippen molar-refractivity contribution in [3.05, 3.63) is 71.8 Å². The topological polar surface area (TPSA) is 127 Å². The highest BCUT2D eigenvalue weighted by atomic mass is 16.6. The molecule has 3 unspecified atom stereocenters. The van der Waals surface area contributed by atoms with Gasteiger partial charge in [-0.1, -0.05) is 60.7 Å². The summed E-state index contributed by atoms with van der Waals surface area (Å²) in [7, 11) is 0. The second-order valence-electron chi connectivity index (χ2n) is 11.2. The fourth-order valence-corrected chi connectivity index (χ4v) is 3.71. The first-order valence-electron chi connectivity index (χ1n) is 13.9. The van der Waals surface area contributed by atoms with Crippen LogP contribution in [0.1, 0.15) is 52.7 Å². The van der Waals surface area contributed by atoms with E-state index in [0.717, 1.165) is 17.4 Å². The van der Waals surface area contributed by atoms with Crippen molar-refractivity contribution >= 4 is 18.2 Å². The Hall–Kier alpha value is -3.15. The highest BCUT2D eigenvalue weighted by molar-refractivity contribution is 5.81. The fourth-order valence-electron chi connectivity index (χ4n) is 3.71. The van der Waals surface area contributed by atoms with Crippen LogP contribution in [-0.4, -0.2) is 78.8 Å². The summed E-state index contributed by atoms with van der Waals surface area (Å²) in [5.74, 6) is -0.966. The van der Waals surface area contributed by atoms with Gasteiger partial charge in [0.2, 0.25) is 5.60 Å². The molecule has 2 aliphatic heterocycles. The summed E-state index contributed by atoms with van der Waals surface area (Å²) in [5, 5.41) is 9.96. The van der Waals surface area contributed by atoms with Crippen LogP contribution in [0.4, 0.5) is 0 Å². The minimum Gasteiger partial charge on any atom is -0.459 e. The zero-order valence-corrected chi connectivity index (χ0v) is 25.4. The molecule has 0 saturated carbocycles. The van der Waals surface area contributed by atoms with E-state index in [1.165, 1.54) is 13.8 Å². The second kappa shape index (κ2) is 16.5. The number of aliphatic hydroxyl groups excluding tert-OH is 1. The van der Waals surface area contributed by atoms with Crippen LogP contribution in [0.2, 0.25) is 0 Å². The Labute approximate surface area is 248 Å². The van der Waals surface area contributed by atoms with Crippen molar-refractivity contribution in [1.29, 1.82) is 0 Å². The fraction of sp³-hybridized carbons (Fsp3) is 0.531. The maximum atomic E-state index is 12.4. The predicted octanol–water partition coefficient (Wildman–Crippen LogP) is 3.80. The SMILES string of the molecule is CC(O)C1(C(=O)OCc2ccccc2)COC(C)(C)CO1.CC1(C)COC(C(=O)OCc2ccccc2)CO1.CC=O. The van der Waals surface area contributed by atoms with Gasteiger partial charge in [-0.25, -0.2) is 9.59 Å². The molecule has 10 nitrogen and oxygen atoms in total. The van der Waals surface area contributed by atoms with Crippen LogP contribution in [0.3, 0.4) is 0 Å². The third kappa shape index (κ3) is 11.3. The summed E-state index contributed by atoms with van der Waals surface area (Å²) in [6.07, 6.45) is -0.876. The minimum absolute atomic E-state index is 0.0225. The number of esters is 2. The number of aldehydes is 1. The summed E-state index contributed by atoms with van der Waals surface area (Å²) in [4.78, 5) is 32.9. The molecule has 2 aliphatic rings. The zero-order valence-electron chi connectivity index (χ0n) is 25.4. The van der Waals surface area contributed by atoms with Crippen molar-refractivity contribution in [3.63, 3.8) is 0 Å². The number of carbonyl (C=O) groups excluding carboxylic acids is 3. The van der Waals surface area contributed by atoms with Gasteiger partial charge in [0.25, 0.3) is 0 Å². The van der Waals surface area contributed by atoms with Gasteiger partial charge < -0.3 is 38.3 Å². The van der Waals surface area contributed by atoms with Gasteiger partial charge in [0, 0.05) is 0 Å². The molecule has 0 aromatic heterocycles. The van der Waals surface area contributed by atoms with Crippen molar-refractivity contribution in [2.24, 2.45) is 0 Å². The molecule has 2 aromatic carbocycles. The molecule has 1 N–H and O–H groups in total. The maximum absolute atomic E-state index is 12.4. The van der Waals surface area contributed by atoms with Crippen LogP contribution in [0.25, 0.3) is 0 Å². The third-order valence-electron chi connectivity index (χ3n) is 6.33. The van der Waals surface area contributed by atoms with Crippen LogP contribution >= 0.6 is 0 Å². The van der Waals surface area contributed by atoms with E-state index in [1.54, 1.807) is 0 Å². The van der Waals surface area contributed by atoms with Gasteiger partial charge in [0.05, 0.1) is 43.7 Å². The molecule has 3 atom stereocenters. The van der Waals surface area contributed by atoms with Crippen LogP contribution in [-0.2, 0) is 56.0 Å². The Morgan fingerprint density at radius 2 is 1.36 bits per heavy atom. The molecular formula is C32H44O10. The van der Waals surface area contributed by atoms with E-state index in [0.29, 0.717) is 6.61 Å². The van der Waals surface area contributed by atoms with Crippen molar-refractivity contribution in [3.8, 4) is 0 Å². The zero-order chi connectivity index (χ0) is 31.2. The minimum atomic E-state index is -1.45. The molecule has 232 valence electrons. The molecule has 0 radical (unpaired) electrons. The predicted molar refractivity (Wildman–Crippen MR) is 154 cm³/mol. The standard InChI is InChI=1S/C16H22O5.C14H18O4.C2H4O/c1-12(17)16(11-20-15(2,3)10-21-16)14(18)19-9-13-7-5-4-6-8-13;1-14(2)10-17-12(9-18-14)13(15)16-8-11-6-4-3-5-7-11;1-2-3/h4-8,12,17H,9-11H2,1-3H3;3-7,12H,8-10H2,1-2H3;2H,1H3. The largest absolute Gasteiger partial charge is 0.459 e. The molecule has 2 heterocycles. The number of hydrogen-bond donors (Lipinski definition) is 1. The molecule has 0 spiro atoms. The first-order chi connectivity index (χ1) is 19.8. The highest BCUT2D eigenvalue weighted by Gasteiger charge is 2.51. The van der Waals surface area contributed by atoms with E-state index in [1.807, 2.05) is 88.4 Å². The Morgan fingerprint density at radius 3 is 1.79 bits per heavy atom. The molecule has 2 saturated heterocycles. The molecule has 0 aliphatic carbocycles. The molecule has 0 amide bonds. The van der Waals surface area contributed by atoms with E-state index >= 15 is 0 Å². The van der Waals surface area contributed by atoms with Crippen molar-refractivity contribution in [1.82, 2.24) is 0 Å². The Bertz CT molecular complexity index is 1080. The van der Waals surface area contributed by atoms with Gasteiger partial charge in [0.1, 0.15) is 19.5 Å². The molecule has 2 aromatic rings. The number of benzene rings is 2. The first-order valence-corrected chi connectivity index (χ1v) is 13.9. The first kappa shape index (κ1) is 35.0. The van der Waals surface area contributed by atoms with Crippen molar-refractivity contribution in [2.75, 3.05) is 26.4 Å². The molecule has 42 heavy (non-hydrogen) atoms. The number of carbonyl (C=O) groups is 3. The van der Waals surface area contributed by atoms with Gasteiger partial charge in [-0.3, -0.25) is 0 Å². The Morgan fingerprint density at radius 1 is 0.857 bits per heavy atom. The van der Waals surface area contributed by atoms with Gasteiger partial charge in [-0.15, -0.1) is 0 Å². The van der Waals surface area contributed by atoms with Crippen LogP contribution < -0.4 is 0 Å². The number of hydrogen-bond acceptors (Lipinski definition) is 10. The smallest absolute Gasteiger partial charge is 0.343 e. The maximum Gasteiger partial charge on any atom is 0.343 e. The van der Waals surface area contributed by atoms with Gasteiger partial charge in [-0.2, -0.15) is 0 Å². The number of ether oxygens (including phenoxy) is 6. The average Bonchev–Trinajstić information content (AvgIpc) is 2.96. The van der Waals surface area contributed by atoms with Crippen LogP contribution in [0, 0.1) is 0 Å². The van der Waals surface area contributed by atoms with E-state index in [4.69, 9.17) is 33.2 Å². The summed E-state index contributed by atoms with van der Waals surface area (Å²) in [6.45, 7) is 11.8. The van der Waals surface area contributed by atoms with Gasteiger partial charge >= 0.3 is 11.9 Å². The summed E-state index contributed by atoms with van der Waals surface area (Å²) < 4.78 is 32.7. The average molecular weight is 589 g/mol. The molecular weight excluding hydrogens is 544 g/mol. The van der Waals surface area contributed by atoms with Crippen LogP contribution in [0.5, 0.6) is 0 Å². The summed E-state index contributed by atoms with van der Waals surface area (Å²) in [5.41, 5.74) is -0.412. The van der Waals surface area contributed by atoms with Crippen LogP contribution in [0.15, 0.2) is 60.7 Å². The molecule has 0 bridgehead atoms. The lowest BCUT2D eigenvalue weighted by atomic mass is 9.95. The lowest BCUT2D eigenvalue weighted by Gasteiger charge is -2.43. The number of rotatable bonds is 7. The molecule has 2 fully saturated rings. The van der Waals surface area contributed by atoms with E-state index in [9.17, 15) is 14.7 Å². The Balaban J connectivity index is 0.000000271. The van der Waals surface area contributed by atoms with Crippen molar-refractivity contribution < 1.29 is 47.9 Å². The summed E-state index contributed by atoms with van der Waals surface area (Å²) in [6, 6.07) is 18.9. The van der Waals surface area contributed by atoms with E-state index < -0.39 is 29.4 Å². The monoisotopic (exact) mass is 588 g/mol. The highest BCUT2D eigenvalue weighted by Crippen LogP contribution is 2.29. The lowest BCUT2D eigenvalue weighted by molar-refractivity contribution is -0.255. The molecule has 10 heteroatoms. The normalized spacial score (nSPS) is 23.0. The van der Waals surface area contributed by atoms with Gasteiger partial charge in [-0.05, 0) is 52.7 Å². The third-order valence-corrected chi connectivity index (χ3v) is 6.33. The number of aliphatic hydroxyl groups is 1.